The highest BCUT2D eigenvalue weighted by Gasteiger charge is 2.33. The Kier molecular flexibility index (Phi) is 26.8. The third-order valence-corrected chi connectivity index (χ3v) is 9.02. The normalized spacial score (nSPS) is 16.0. The predicted molar refractivity (Wildman–Crippen MR) is 201 cm³/mol. The second kappa shape index (κ2) is 28.4. The maximum absolute atomic E-state index is 5.62. The van der Waals surface area contributed by atoms with Crippen LogP contribution >= 0.6 is 46.4 Å². The van der Waals surface area contributed by atoms with E-state index in [9.17, 15) is 0 Å². The number of halogens is 5. The number of morpholine rings is 1. The van der Waals surface area contributed by atoms with Gasteiger partial charge in [0.15, 0.2) is 0 Å². The number of quaternary nitrogens is 1. The summed E-state index contributed by atoms with van der Waals surface area (Å²) in [5.41, 5.74) is 0. The van der Waals surface area contributed by atoms with Crippen molar-refractivity contribution in [2.75, 3.05) is 61.8 Å². The van der Waals surface area contributed by atoms with Gasteiger partial charge in [-0.05, 0) is 58.2 Å². The zero-order chi connectivity index (χ0) is 38.4. The number of hydrogen-bond donors (Lipinski definition) is 2. The number of nitrogens with one attached hydrogen (secondary N) is 2. The fourth-order valence-electron chi connectivity index (χ4n) is 5.71. The minimum absolute atomic E-state index is 0. The van der Waals surface area contributed by atoms with Crippen LogP contribution in [0.25, 0.3) is 0 Å². The lowest BCUT2D eigenvalue weighted by atomic mass is 9.73. The number of nitrogens with zero attached hydrogens (tertiary/aromatic N) is 10. The third-order valence-electron chi connectivity index (χ3n) is 8.34. The first kappa shape index (κ1) is 50.9. The van der Waals surface area contributed by atoms with Crippen LogP contribution < -0.4 is 35.8 Å². The van der Waals surface area contributed by atoms with Gasteiger partial charge in [0, 0.05) is 0 Å². The lowest BCUT2D eigenvalue weighted by Gasteiger charge is -2.34. The highest BCUT2D eigenvalue weighted by atomic mass is 35.5. The second-order valence-electron chi connectivity index (χ2n) is 11.7. The largest absolute Gasteiger partial charge is 1.00 e. The fourth-order valence-corrected chi connectivity index (χ4v) is 6.46. The molecule has 304 valence electrons. The Morgan fingerprint density at radius 1 is 0.556 bits per heavy atom. The molecule has 4 heterocycles. The van der Waals surface area contributed by atoms with E-state index in [1.54, 1.807) is 25.7 Å². The summed E-state index contributed by atoms with van der Waals surface area (Å²) in [7, 11) is 7.99. The van der Waals surface area contributed by atoms with Gasteiger partial charge >= 0.3 is 30.0 Å². The van der Waals surface area contributed by atoms with Crippen LogP contribution in [0.4, 0.5) is 5.95 Å². The molecule has 54 heavy (non-hydrogen) atoms. The van der Waals surface area contributed by atoms with Crippen LogP contribution in [0.1, 0.15) is 64.2 Å². The van der Waals surface area contributed by atoms with E-state index in [-0.39, 0.29) is 63.1 Å². The smallest absolute Gasteiger partial charge is 0.338 e. The van der Waals surface area contributed by atoms with Gasteiger partial charge in [-0.15, -0.1) is 19.9 Å². The van der Waals surface area contributed by atoms with E-state index in [0.29, 0.717) is 23.6 Å². The molecule has 2 saturated carbocycles. The van der Waals surface area contributed by atoms with Crippen molar-refractivity contribution in [2.24, 2.45) is 11.8 Å². The molecule has 3 fully saturated rings. The average molecular weight is 863 g/mol. The van der Waals surface area contributed by atoms with Crippen LogP contribution in [0, 0.1) is 22.7 Å². The Bertz CT molecular complexity index is 1400. The van der Waals surface area contributed by atoms with Gasteiger partial charge in [-0.3, -0.25) is 4.48 Å². The quantitative estimate of drug-likeness (QED) is 0.268. The van der Waals surface area contributed by atoms with Gasteiger partial charge in [0.05, 0.1) is 54.7 Å². The molecule has 0 spiro atoms. The second-order valence-corrected chi connectivity index (χ2v) is 13.1. The van der Waals surface area contributed by atoms with Crippen molar-refractivity contribution in [1.29, 1.82) is 10.8 Å². The van der Waals surface area contributed by atoms with Crippen molar-refractivity contribution >= 4 is 58.4 Å². The Morgan fingerprint density at radius 2 is 0.852 bits per heavy atom. The Morgan fingerprint density at radius 3 is 1.17 bits per heavy atom. The molecule has 18 nitrogen and oxygen atoms in total. The summed E-state index contributed by atoms with van der Waals surface area (Å²) < 4.78 is 25.5. The molecule has 0 aromatic carbocycles. The number of aromatic nitrogens is 9. The van der Waals surface area contributed by atoms with E-state index < -0.39 is 0 Å². The number of likely N-dealkylation sites (N-methyl/N-ethyl adjacent to an activating group) is 1. The molecule has 3 aromatic heterocycles. The lowest BCUT2D eigenvalue weighted by Crippen LogP contribution is -3.00. The lowest BCUT2D eigenvalue weighted by molar-refractivity contribution is -0.0000167. The number of rotatable bonds is 6. The van der Waals surface area contributed by atoms with E-state index in [1.807, 2.05) is 0 Å². The summed E-state index contributed by atoms with van der Waals surface area (Å²) in [6.07, 6.45) is 15.4. The molecule has 3 aromatic rings. The Hall–Kier alpha value is -3.06. The predicted octanol–water partition coefficient (Wildman–Crippen LogP) is 2.87. The van der Waals surface area contributed by atoms with Crippen molar-refractivity contribution in [3.63, 3.8) is 0 Å². The number of methoxy groups -OCH3 is 4. The molecule has 2 aliphatic carbocycles. The summed E-state index contributed by atoms with van der Waals surface area (Å²) in [5, 5.41) is 11.3. The first-order valence-corrected chi connectivity index (χ1v) is 18.1. The van der Waals surface area contributed by atoms with Crippen LogP contribution in [0.2, 0.25) is 21.1 Å². The molecular weight excluding hydrogens is 814 g/mol. The third kappa shape index (κ3) is 19.0. The van der Waals surface area contributed by atoms with Crippen LogP contribution in [-0.4, -0.2) is 118 Å². The molecule has 4 N–H and O–H groups in total. The maximum atomic E-state index is 5.62. The molecule has 0 radical (unpaired) electrons. The fraction of sp³-hybridized carbons (Fsp3) is 0.677. The number of ether oxygens (including phenoxy) is 5. The van der Waals surface area contributed by atoms with E-state index in [1.165, 1.54) is 73.0 Å². The van der Waals surface area contributed by atoms with Crippen LogP contribution in [0.15, 0.2) is 0 Å². The topological polar surface area (TPSA) is 241 Å². The minimum atomic E-state index is 0. The molecule has 1 saturated heterocycles. The summed E-state index contributed by atoms with van der Waals surface area (Å²) in [6.45, 7) is 3.06. The van der Waals surface area contributed by atoms with Gasteiger partial charge in [0.2, 0.25) is 21.1 Å². The maximum Gasteiger partial charge on any atom is 0.338 e. The number of hydrogen-bond acceptors (Lipinski definition) is 16. The van der Waals surface area contributed by atoms with Gasteiger partial charge in [-0.25, -0.2) is 10.8 Å². The van der Waals surface area contributed by atoms with Gasteiger partial charge < -0.3 is 41.6 Å². The molecule has 23 heteroatoms. The van der Waals surface area contributed by atoms with E-state index in [4.69, 9.17) is 80.9 Å². The first-order chi connectivity index (χ1) is 25.0. The van der Waals surface area contributed by atoms with Crippen molar-refractivity contribution in [3.05, 3.63) is 21.1 Å². The standard InChI is InChI=1S/C12H22.C10H17N4O3.C5H6ClN3O2.C3Cl3N3.CH2N2.ClH.H2O/c1-3-7-11(8-4-1)12-9-5-2-6-10-12;1-14(4-6-17-7-5-14)8-11-9(15-2)13-10(12-8)16-3;1-10-4-7-3(6)8-5(9-4)11-2;4-1-7-2(5)9-3(6)8-1;2-1-3;;/h11-12H,1-10H2;4-7H2,1-3H3;1-2H3;;2-3H;1H;1H2/q;+1;;;;;/p-1. The van der Waals surface area contributed by atoms with Crippen molar-refractivity contribution < 1.29 is 41.6 Å². The summed E-state index contributed by atoms with van der Waals surface area (Å²) in [5.74, 6) is 2.93. The average Bonchev–Trinajstić information content (AvgIpc) is 3.16. The molecular formula is C31H49Cl5N12O6. The zero-order valence-corrected chi connectivity index (χ0v) is 34.7. The molecule has 0 atom stereocenters. The Balaban J connectivity index is 0.000000684. The summed E-state index contributed by atoms with van der Waals surface area (Å²) in [6, 6.07) is 2.08. The summed E-state index contributed by atoms with van der Waals surface area (Å²) in [4.78, 5) is 33.9. The SMILES string of the molecule is C1CCC(C2CCCCC2)CC1.COc1nc(Cl)nc(OC)n1.COc1nc(OC)nc([N+]2(C)CCOCC2)n1.Clc1nc(Cl)nc(Cl)n1.N=C=N.O.[Cl-]. The van der Waals surface area contributed by atoms with E-state index >= 15 is 0 Å². The van der Waals surface area contributed by atoms with Crippen molar-refractivity contribution in [1.82, 2.24) is 49.3 Å². The minimum Gasteiger partial charge on any atom is -1.00 e. The first-order valence-electron chi connectivity index (χ1n) is 16.6. The highest BCUT2D eigenvalue weighted by molar-refractivity contribution is 6.33. The van der Waals surface area contributed by atoms with E-state index in [2.05, 4.69) is 51.9 Å². The van der Waals surface area contributed by atoms with Crippen LogP contribution in [-0.2, 0) is 4.74 Å². The molecule has 1 aliphatic heterocycles. The molecule has 3 aliphatic rings. The highest BCUT2D eigenvalue weighted by Crippen LogP contribution is 2.38. The summed E-state index contributed by atoms with van der Waals surface area (Å²) >= 11 is 21.4. The van der Waals surface area contributed by atoms with Crippen molar-refractivity contribution in [3.8, 4) is 24.0 Å². The molecule has 0 unspecified atom stereocenters. The zero-order valence-electron chi connectivity index (χ0n) is 31.0. The molecule has 0 amide bonds. The van der Waals surface area contributed by atoms with Crippen LogP contribution in [0.3, 0.4) is 0 Å². The van der Waals surface area contributed by atoms with E-state index in [0.717, 1.165) is 24.9 Å². The van der Waals surface area contributed by atoms with Crippen molar-refractivity contribution in [2.45, 2.75) is 64.2 Å². The van der Waals surface area contributed by atoms with Crippen LogP contribution in [0.5, 0.6) is 24.0 Å². The van der Waals surface area contributed by atoms with Gasteiger partial charge in [0.25, 0.3) is 0 Å². The van der Waals surface area contributed by atoms with Gasteiger partial charge in [-0.2, -0.15) is 24.9 Å². The van der Waals surface area contributed by atoms with Gasteiger partial charge in [0.1, 0.15) is 13.1 Å². The molecule has 0 bridgehead atoms. The monoisotopic (exact) mass is 860 g/mol. The molecule has 6 rings (SSSR count). The van der Waals surface area contributed by atoms with Gasteiger partial charge in [-0.1, -0.05) is 64.2 Å². The Labute approximate surface area is 341 Å².